The summed E-state index contributed by atoms with van der Waals surface area (Å²) in [7, 11) is 1.57. The molecular weight excluding hydrogens is 176 g/mol. The third-order valence-electron chi connectivity index (χ3n) is 2.14. The summed E-state index contributed by atoms with van der Waals surface area (Å²) in [6.45, 7) is 3.78. The molecule has 0 aromatic carbocycles. The number of carbonyl (C=O) groups is 2. The first-order valence-electron chi connectivity index (χ1n) is 3.75. The number of rotatable bonds is 1. The van der Waals surface area contributed by atoms with Gasteiger partial charge in [-0.05, 0) is 13.8 Å². The van der Waals surface area contributed by atoms with Gasteiger partial charge in [-0.2, -0.15) is 0 Å². The molecule has 0 N–H and O–H groups in total. The molecule has 0 aliphatic carbocycles. The van der Waals surface area contributed by atoms with Gasteiger partial charge in [0.05, 0.1) is 0 Å². The number of nitrogens with zero attached hydrogens (tertiary/aromatic N) is 2. The van der Waals surface area contributed by atoms with Gasteiger partial charge in [-0.1, -0.05) is 0 Å². The maximum atomic E-state index is 11.5. The van der Waals surface area contributed by atoms with E-state index < -0.39 is 4.87 Å². The first kappa shape index (κ1) is 9.38. The van der Waals surface area contributed by atoms with E-state index in [1.165, 1.54) is 9.80 Å². The van der Waals surface area contributed by atoms with Gasteiger partial charge >= 0.3 is 6.03 Å². The van der Waals surface area contributed by atoms with Crippen LogP contribution in [-0.4, -0.2) is 40.2 Å². The van der Waals surface area contributed by atoms with Crippen molar-refractivity contribution in [3.05, 3.63) is 0 Å². The first-order chi connectivity index (χ1) is 5.42. The molecule has 1 heterocycles. The standard InChI is InChI=1S/C7H12N2O2S/c1-4-9-5(10)7(2,12)8(3)6(9)11/h12H,4H2,1-3H3. The Morgan fingerprint density at radius 3 is 2.17 bits per heavy atom. The number of amides is 3. The zero-order chi connectivity index (χ0) is 9.52. The van der Waals surface area contributed by atoms with E-state index in [-0.39, 0.29) is 11.9 Å². The fourth-order valence-corrected chi connectivity index (χ4v) is 1.34. The third kappa shape index (κ3) is 0.998. The zero-order valence-electron chi connectivity index (χ0n) is 7.37. The van der Waals surface area contributed by atoms with Gasteiger partial charge < -0.3 is 4.90 Å². The molecule has 0 radical (unpaired) electrons. The first-order valence-corrected chi connectivity index (χ1v) is 4.19. The van der Waals surface area contributed by atoms with E-state index in [0.29, 0.717) is 6.54 Å². The van der Waals surface area contributed by atoms with E-state index in [9.17, 15) is 9.59 Å². The molecule has 1 fully saturated rings. The molecule has 1 aliphatic heterocycles. The van der Waals surface area contributed by atoms with Crippen LogP contribution in [0.4, 0.5) is 4.79 Å². The molecule has 4 nitrogen and oxygen atoms in total. The topological polar surface area (TPSA) is 40.6 Å². The van der Waals surface area contributed by atoms with Crippen molar-refractivity contribution in [2.75, 3.05) is 13.6 Å². The van der Waals surface area contributed by atoms with Crippen LogP contribution in [0.3, 0.4) is 0 Å². The second-order valence-electron chi connectivity index (χ2n) is 2.91. The lowest BCUT2D eigenvalue weighted by Gasteiger charge is -2.21. The summed E-state index contributed by atoms with van der Waals surface area (Å²) >= 11 is 4.13. The average Bonchev–Trinajstić information content (AvgIpc) is 2.15. The van der Waals surface area contributed by atoms with E-state index in [4.69, 9.17) is 0 Å². The number of hydrogen-bond acceptors (Lipinski definition) is 3. The smallest absolute Gasteiger partial charge is 0.304 e. The van der Waals surface area contributed by atoms with Gasteiger partial charge in [0.1, 0.15) is 0 Å². The Labute approximate surface area is 76.9 Å². The summed E-state index contributed by atoms with van der Waals surface area (Å²) in [6.07, 6.45) is 0. The van der Waals surface area contributed by atoms with E-state index in [1.54, 1.807) is 20.9 Å². The van der Waals surface area contributed by atoms with Gasteiger partial charge in [0.15, 0.2) is 4.87 Å². The average molecular weight is 188 g/mol. The van der Waals surface area contributed by atoms with Gasteiger partial charge in [0, 0.05) is 13.6 Å². The van der Waals surface area contributed by atoms with Crippen molar-refractivity contribution >= 4 is 24.6 Å². The predicted octanol–water partition coefficient (Wildman–Crippen LogP) is 0.546. The Bertz CT molecular complexity index is 240. The van der Waals surface area contributed by atoms with Crippen LogP contribution in [0.5, 0.6) is 0 Å². The highest BCUT2D eigenvalue weighted by Gasteiger charge is 2.49. The summed E-state index contributed by atoms with van der Waals surface area (Å²) in [5, 5.41) is 0. The van der Waals surface area contributed by atoms with Gasteiger partial charge in [-0.15, -0.1) is 12.6 Å². The largest absolute Gasteiger partial charge is 0.328 e. The number of carbonyl (C=O) groups excluding carboxylic acids is 2. The highest BCUT2D eigenvalue weighted by Crippen LogP contribution is 2.28. The van der Waals surface area contributed by atoms with Crippen LogP contribution in [0, 0.1) is 0 Å². The Kier molecular flexibility index (Phi) is 2.07. The normalized spacial score (nSPS) is 30.3. The van der Waals surface area contributed by atoms with Gasteiger partial charge in [0.2, 0.25) is 0 Å². The van der Waals surface area contributed by atoms with E-state index in [2.05, 4.69) is 12.6 Å². The minimum atomic E-state index is -0.979. The van der Waals surface area contributed by atoms with E-state index >= 15 is 0 Å². The second-order valence-corrected chi connectivity index (χ2v) is 3.78. The van der Waals surface area contributed by atoms with Crippen LogP contribution >= 0.6 is 12.6 Å². The lowest BCUT2D eigenvalue weighted by Crippen LogP contribution is -2.39. The minimum Gasteiger partial charge on any atom is -0.304 e. The van der Waals surface area contributed by atoms with Crippen LogP contribution in [0.1, 0.15) is 13.8 Å². The van der Waals surface area contributed by atoms with Crippen LogP contribution in [-0.2, 0) is 4.79 Å². The number of hydrogen-bond donors (Lipinski definition) is 1. The Balaban J connectivity index is 3.02. The zero-order valence-corrected chi connectivity index (χ0v) is 8.26. The van der Waals surface area contributed by atoms with Gasteiger partial charge in [0.25, 0.3) is 5.91 Å². The Hall–Kier alpha value is -0.710. The van der Waals surface area contributed by atoms with Crippen molar-refractivity contribution in [2.45, 2.75) is 18.7 Å². The van der Waals surface area contributed by atoms with Crippen molar-refractivity contribution in [1.82, 2.24) is 9.80 Å². The van der Waals surface area contributed by atoms with Gasteiger partial charge in [-0.3, -0.25) is 9.69 Å². The molecule has 0 spiro atoms. The molecule has 12 heavy (non-hydrogen) atoms. The summed E-state index contributed by atoms with van der Waals surface area (Å²) in [6, 6.07) is -0.278. The second kappa shape index (κ2) is 2.65. The lowest BCUT2D eigenvalue weighted by atomic mass is 10.3. The highest BCUT2D eigenvalue weighted by atomic mass is 32.1. The van der Waals surface area contributed by atoms with E-state index in [0.717, 1.165) is 0 Å². The highest BCUT2D eigenvalue weighted by molar-refractivity contribution is 7.82. The molecule has 1 aliphatic rings. The summed E-state index contributed by atoms with van der Waals surface area (Å²) in [5.74, 6) is -0.249. The molecule has 1 unspecified atom stereocenters. The lowest BCUT2D eigenvalue weighted by molar-refractivity contribution is -0.128. The molecule has 0 aromatic rings. The number of urea groups is 1. The SMILES string of the molecule is CCN1C(=O)N(C)C(C)(S)C1=O. The van der Waals surface area contributed by atoms with Crippen LogP contribution < -0.4 is 0 Å². The molecule has 1 saturated heterocycles. The third-order valence-corrected chi connectivity index (χ3v) is 2.63. The van der Waals surface area contributed by atoms with Crippen molar-refractivity contribution < 1.29 is 9.59 Å². The summed E-state index contributed by atoms with van der Waals surface area (Å²) in [4.78, 5) is 24.4. The summed E-state index contributed by atoms with van der Waals surface area (Å²) in [5.41, 5.74) is 0. The minimum absolute atomic E-state index is 0.249. The van der Waals surface area contributed by atoms with Crippen LogP contribution in [0.15, 0.2) is 0 Å². The molecule has 0 aromatic heterocycles. The maximum Gasteiger partial charge on any atom is 0.328 e. The molecule has 5 heteroatoms. The molecule has 1 rings (SSSR count). The van der Waals surface area contributed by atoms with Crippen molar-refractivity contribution in [3.8, 4) is 0 Å². The monoisotopic (exact) mass is 188 g/mol. The van der Waals surface area contributed by atoms with Crippen molar-refractivity contribution in [1.29, 1.82) is 0 Å². The van der Waals surface area contributed by atoms with Gasteiger partial charge in [-0.25, -0.2) is 4.79 Å². The number of likely N-dealkylation sites (N-methyl/N-ethyl adjacent to an activating group) is 2. The molecular formula is C7H12N2O2S. The van der Waals surface area contributed by atoms with Crippen LogP contribution in [0.2, 0.25) is 0 Å². The maximum absolute atomic E-state index is 11.5. The van der Waals surface area contributed by atoms with E-state index in [1.807, 2.05) is 0 Å². The fraction of sp³-hybridized carbons (Fsp3) is 0.714. The van der Waals surface area contributed by atoms with Crippen molar-refractivity contribution in [3.63, 3.8) is 0 Å². The molecule has 0 saturated carbocycles. The summed E-state index contributed by atoms with van der Waals surface area (Å²) < 4.78 is 0. The fourth-order valence-electron chi connectivity index (χ4n) is 1.13. The Morgan fingerprint density at radius 2 is 2.00 bits per heavy atom. The van der Waals surface area contributed by atoms with Crippen molar-refractivity contribution in [2.24, 2.45) is 0 Å². The molecule has 68 valence electrons. The molecule has 1 atom stereocenters. The molecule has 0 bridgehead atoms. The number of thiol groups is 1. The quantitative estimate of drug-likeness (QED) is 0.482. The predicted molar refractivity (Wildman–Crippen MR) is 47.9 cm³/mol. The Morgan fingerprint density at radius 1 is 1.50 bits per heavy atom. The molecule has 3 amide bonds. The van der Waals surface area contributed by atoms with Crippen LogP contribution in [0.25, 0.3) is 0 Å². The number of imide groups is 1.